The number of fused-ring (bicyclic) bond motifs is 1. The minimum absolute atomic E-state index is 0.270. The Balaban J connectivity index is 1.47. The van der Waals surface area contributed by atoms with E-state index in [2.05, 4.69) is 20.5 Å². The summed E-state index contributed by atoms with van der Waals surface area (Å²) in [6.07, 6.45) is 3.57. The smallest absolute Gasteiger partial charge is 0.282 e. The van der Waals surface area contributed by atoms with Gasteiger partial charge in [-0.1, -0.05) is 65.4 Å². The third kappa shape index (κ3) is 4.24. The predicted molar refractivity (Wildman–Crippen MR) is 113 cm³/mol. The fourth-order valence-electron chi connectivity index (χ4n) is 2.66. The summed E-state index contributed by atoms with van der Waals surface area (Å²) in [6.45, 7) is 0.434. The first-order valence-electron chi connectivity index (χ1n) is 8.57. The Kier molecular flexibility index (Phi) is 5.41. The van der Waals surface area contributed by atoms with E-state index < -0.39 is 0 Å². The highest BCUT2D eigenvalue weighted by Crippen LogP contribution is 2.26. The Hall–Kier alpha value is -3.09. The predicted octanol–water partition coefficient (Wildman–Crippen LogP) is 4.75. The van der Waals surface area contributed by atoms with Crippen molar-refractivity contribution in [2.75, 3.05) is 0 Å². The summed E-state index contributed by atoms with van der Waals surface area (Å²) in [4.78, 5) is 16.6. The maximum Gasteiger partial charge on any atom is 0.282 e. The van der Waals surface area contributed by atoms with Crippen molar-refractivity contribution < 1.29 is 4.79 Å². The fraction of sp³-hybridized carbons (Fsp3) is 0.0476. The van der Waals surface area contributed by atoms with Crippen LogP contribution in [0.5, 0.6) is 0 Å². The molecule has 0 atom stereocenters. The first-order chi connectivity index (χ1) is 13.7. The average molecular weight is 407 g/mol. The van der Waals surface area contributed by atoms with E-state index in [9.17, 15) is 4.79 Å². The van der Waals surface area contributed by atoms with Crippen molar-refractivity contribution in [1.82, 2.24) is 20.5 Å². The maximum absolute atomic E-state index is 12.3. The average Bonchev–Trinajstić information content (AvgIpc) is 3.23. The number of nitrogens with one attached hydrogen (secondary N) is 1. The third-order valence-corrected chi connectivity index (χ3v) is 5.40. The van der Waals surface area contributed by atoms with Crippen molar-refractivity contribution >= 4 is 50.9 Å². The van der Waals surface area contributed by atoms with Gasteiger partial charge in [-0.25, -0.2) is 0 Å². The summed E-state index contributed by atoms with van der Waals surface area (Å²) in [5, 5.41) is 13.1. The van der Waals surface area contributed by atoms with Gasteiger partial charge in [-0.3, -0.25) is 9.78 Å². The van der Waals surface area contributed by atoms with Crippen molar-refractivity contribution in [3.63, 3.8) is 0 Å². The van der Waals surface area contributed by atoms with E-state index in [4.69, 9.17) is 11.6 Å². The van der Waals surface area contributed by atoms with Crippen LogP contribution in [0, 0.1) is 0 Å². The van der Waals surface area contributed by atoms with E-state index in [0.717, 1.165) is 33.4 Å². The Bertz CT molecular complexity index is 1160. The number of nitrogens with zero attached hydrogens (tertiary/aromatic N) is 3. The van der Waals surface area contributed by atoms with Gasteiger partial charge in [-0.15, -0.1) is 10.2 Å². The molecule has 5 nitrogen and oxygen atoms in total. The van der Waals surface area contributed by atoms with Crippen molar-refractivity contribution in [2.24, 2.45) is 0 Å². The zero-order chi connectivity index (χ0) is 19.3. The molecule has 28 heavy (non-hydrogen) atoms. The number of rotatable bonds is 5. The molecule has 0 spiro atoms. The molecule has 0 aliphatic heterocycles. The number of carbonyl (C=O) groups is 1. The lowest BCUT2D eigenvalue weighted by molar-refractivity contribution is 0.0950. The molecule has 1 N–H and O–H groups in total. The number of aromatic nitrogens is 3. The van der Waals surface area contributed by atoms with Gasteiger partial charge in [0.25, 0.3) is 5.91 Å². The van der Waals surface area contributed by atoms with E-state index in [-0.39, 0.29) is 10.9 Å². The van der Waals surface area contributed by atoms with Crippen LogP contribution in [0.15, 0.2) is 66.9 Å². The Labute approximate surface area is 170 Å². The number of halogens is 1. The molecule has 0 bridgehead atoms. The Morgan fingerprint density at radius 1 is 1.04 bits per heavy atom. The summed E-state index contributed by atoms with van der Waals surface area (Å²) in [5.41, 5.74) is 2.86. The standard InChI is InChI=1S/C21H15ClN4OS/c22-17(12-15-8-9-18-16(11-15)7-4-10-23-18)20-25-26-21(28-20)19(27)24-13-14-5-2-1-3-6-14/h1-12H,13H2,(H,24,27)/b17-12+. The van der Waals surface area contributed by atoms with Gasteiger partial charge in [0.2, 0.25) is 5.01 Å². The summed E-state index contributed by atoms with van der Waals surface area (Å²) < 4.78 is 0. The molecule has 0 radical (unpaired) electrons. The van der Waals surface area contributed by atoms with E-state index in [1.54, 1.807) is 12.3 Å². The van der Waals surface area contributed by atoms with Crippen LogP contribution in [-0.4, -0.2) is 21.1 Å². The van der Waals surface area contributed by atoms with Gasteiger partial charge in [-0.05, 0) is 35.4 Å². The minimum atomic E-state index is -0.270. The van der Waals surface area contributed by atoms with Gasteiger partial charge < -0.3 is 5.32 Å². The molecule has 2 heterocycles. The monoisotopic (exact) mass is 406 g/mol. The van der Waals surface area contributed by atoms with Gasteiger partial charge in [0, 0.05) is 18.1 Å². The first-order valence-corrected chi connectivity index (χ1v) is 9.76. The number of pyridine rings is 1. The summed E-state index contributed by atoms with van der Waals surface area (Å²) in [5.74, 6) is -0.270. The summed E-state index contributed by atoms with van der Waals surface area (Å²) in [6, 6.07) is 19.4. The Morgan fingerprint density at radius 3 is 2.71 bits per heavy atom. The van der Waals surface area contributed by atoms with Crippen LogP contribution in [0.4, 0.5) is 0 Å². The Morgan fingerprint density at radius 2 is 1.86 bits per heavy atom. The van der Waals surface area contributed by atoms with Gasteiger partial charge in [0.1, 0.15) is 0 Å². The second kappa shape index (κ2) is 8.29. The van der Waals surface area contributed by atoms with Gasteiger partial charge in [-0.2, -0.15) is 0 Å². The zero-order valence-corrected chi connectivity index (χ0v) is 16.2. The van der Waals surface area contributed by atoms with Crippen molar-refractivity contribution in [1.29, 1.82) is 0 Å². The van der Waals surface area contributed by atoms with Crippen molar-refractivity contribution in [2.45, 2.75) is 6.54 Å². The second-order valence-electron chi connectivity index (χ2n) is 6.03. The SMILES string of the molecule is O=C(NCc1ccccc1)c1nnc(/C(Cl)=C\c2ccc3ncccc3c2)s1. The van der Waals surface area contributed by atoms with E-state index in [0.29, 0.717) is 16.6 Å². The first kappa shape index (κ1) is 18.3. The van der Waals surface area contributed by atoms with Crippen LogP contribution in [0.1, 0.15) is 25.9 Å². The molecule has 0 saturated carbocycles. The van der Waals surface area contributed by atoms with Crippen molar-refractivity contribution in [3.8, 4) is 0 Å². The van der Waals surface area contributed by atoms with Crippen LogP contribution in [0.25, 0.3) is 22.0 Å². The quantitative estimate of drug-likeness (QED) is 0.519. The molecule has 0 saturated heterocycles. The van der Waals surface area contributed by atoms with Gasteiger partial charge in [0.05, 0.1) is 10.5 Å². The molecular weight excluding hydrogens is 392 g/mol. The maximum atomic E-state index is 12.3. The fourth-order valence-corrected chi connectivity index (χ4v) is 3.60. The van der Waals surface area contributed by atoms with Crippen molar-refractivity contribution in [3.05, 3.63) is 88.0 Å². The molecule has 0 unspecified atom stereocenters. The lowest BCUT2D eigenvalue weighted by Crippen LogP contribution is -2.22. The molecule has 2 aromatic heterocycles. The van der Waals surface area contributed by atoms with Crippen LogP contribution < -0.4 is 5.32 Å². The number of carbonyl (C=O) groups excluding carboxylic acids is 1. The molecule has 0 fully saturated rings. The molecule has 7 heteroatoms. The lowest BCUT2D eigenvalue weighted by atomic mass is 10.1. The molecule has 4 rings (SSSR count). The normalized spacial score (nSPS) is 11.5. The highest BCUT2D eigenvalue weighted by atomic mass is 35.5. The highest BCUT2D eigenvalue weighted by molar-refractivity contribution is 7.15. The molecule has 4 aromatic rings. The number of hydrogen-bond acceptors (Lipinski definition) is 5. The zero-order valence-electron chi connectivity index (χ0n) is 14.7. The highest BCUT2D eigenvalue weighted by Gasteiger charge is 2.14. The van der Waals surface area contributed by atoms with Crippen LogP contribution >= 0.6 is 22.9 Å². The topological polar surface area (TPSA) is 67.8 Å². The summed E-state index contributed by atoms with van der Waals surface area (Å²) in [7, 11) is 0. The minimum Gasteiger partial charge on any atom is -0.346 e. The van der Waals surface area contributed by atoms with E-state index in [1.165, 1.54) is 0 Å². The molecule has 2 aromatic carbocycles. The molecule has 1 amide bonds. The van der Waals surface area contributed by atoms with E-state index >= 15 is 0 Å². The molecule has 0 aliphatic rings. The van der Waals surface area contributed by atoms with E-state index in [1.807, 2.05) is 60.7 Å². The molecular formula is C21H15ClN4OS. The van der Waals surface area contributed by atoms with Crippen LogP contribution in [0.3, 0.4) is 0 Å². The van der Waals surface area contributed by atoms with Crippen LogP contribution in [-0.2, 0) is 6.54 Å². The second-order valence-corrected chi connectivity index (χ2v) is 7.41. The summed E-state index contributed by atoms with van der Waals surface area (Å²) >= 11 is 7.56. The number of amides is 1. The molecule has 138 valence electrons. The molecule has 0 aliphatic carbocycles. The largest absolute Gasteiger partial charge is 0.346 e. The number of hydrogen-bond donors (Lipinski definition) is 1. The number of benzene rings is 2. The third-order valence-electron chi connectivity index (χ3n) is 4.04. The van der Waals surface area contributed by atoms with Crippen LogP contribution in [0.2, 0.25) is 0 Å². The lowest BCUT2D eigenvalue weighted by Gasteiger charge is -2.02. The van der Waals surface area contributed by atoms with Gasteiger partial charge in [0.15, 0.2) is 5.01 Å². The van der Waals surface area contributed by atoms with Gasteiger partial charge >= 0.3 is 0 Å².